The second-order valence-corrected chi connectivity index (χ2v) is 4.50. The van der Waals surface area contributed by atoms with Gasteiger partial charge in [0.25, 0.3) is 0 Å². The number of carbonyl (C=O) groups excluding carboxylic acids is 1. The molecule has 0 bridgehead atoms. The number of carbonyl (C=O) groups is 2. The van der Waals surface area contributed by atoms with Gasteiger partial charge in [0.05, 0.1) is 6.61 Å². The van der Waals surface area contributed by atoms with Gasteiger partial charge in [0, 0.05) is 11.1 Å². The van der Waals surface area contributed by atoms with E-state index in [4.69, 9.17) is 5.11 Å². The Balaban J connectivity index is 2.05. The molecule has 0 unspecified atom stereocenters. The third-order valence-corrected chi connectivity index (χ3v) is 2.92. The van der Waals surface area contributed by atoms with Crippen LogP contribution in [0.15, 0.2) is 54.6 Å². The molecular formula is C16H12F2O4. The van der Waals surface area contributed by atoms with Crippen LogP contribution in [0.5, 0.6) is 0 Å². The second kappa shape index (κ2) is 6.44. The zero-order valence-corrected chi connectivity index (χ0v) is 11.3. The topological polar surface area (TPSA) is 63.6 Å². The van der Waals surface area contributed by atoms with E-state index in [2.05, 4.69) is 4.74 Å². The second-order valence-electron chi connectivity index (χ2n) is 4.50. The molecule has 0 amide bonds. The van der Waals surface area contributed by atoms with E-state index in [1.807, 2.05) is 0 Å². The SMILES string of the molecule is O=C(c1ccccc1)c1ccc(COC(F)(F)C(=O)O)cc1. The van der Waals surface area contributed by atoms with Gasteiger partial charge in [-0.1, -0.05) is 54.6 Å². The average Bonchev–Trinajstić information content (AvgIpc) is 2.53. The monoisotopic (exact) mass is 306 g/mol. The van der Waals surface area contributed by atoms with Gasteiger partial charge in [0.2, 0.25) is 0 Å². The van der Waals surface area contributed by atoms with Gasteiger partial charge >= 0.3 is 12.1 Å². The number of hydrogen-bond acceptors (Lipinski definition) is 3. The number of benzene rings is 2. The Morgan fingerprint density at radius 3 is 2.05 bits per heavy atom. The van der Waals surface area contributed by atoms with Crippen molar-refractivity contribution in [2.45, 2.75) is 12.7 Å². The van der Waals surface area contributed by atoms with Crippen LogP contribution in [-0.4, -0.2) is 23.0 Å². The van der Waals surface area contributed by atoms with Crippen LogP contribution in [0.3, 0.4) is 0 Å². The summed E-state index contributed by atoms with van der Waals surface area (Å²) in [7, 11) is 0. The highest BCUT2D eigenvalue weighted by molar-refractivity contribution is 6.08. The maximum absolute atomic E-state index is 12.8. The van der Waals surface area contributed by atoms with Crippen molar-refractivity contribution in [2.24, 2.45) is 0 Å². The first kappa shape index (κ1) is 15.8. The highest BCUT2D eigenvalue weighted by Gasteiger charge is 2.40. The summed E-state index contributed by atoms with van der Waals surface area (Å²) in [6.07, 6.45) is -4.24. The molecule has 6 heteroatoms. The number of rotatable bonds is 6. The van der Waals surface area contributed by atoms with E-state index in [9.17, 15) is 18.4 Å². The molecule has 0 radical (unpaired) electrons. The molecule has 2 rings (SSSR count). The van der Waals surface area contributed by atoms with Gasteiger partial charge in [-0.3, -0.25) is 4.79 Å². The zero-order chi connectivity index (χ0) is 16.2. The van der Waals surface area contributed by atoms with Crippen molar-refractivity contribution in [1.82, 2.24) is 0 Å². The molecule has 0 saturated carbocycles. The Morgan fingerprint density at radius 1 is 0.955 bits per heavy atom. The van der Waals surface area contributed by atoms with E-state index in [1.54, 1.807) is 30.3 Å². The van der Waals surface area contributed by atoms with Gasteiger partial charge in [-0.2, -0.15) is 8.78 Å². The fraction of sp³-hybridized carbons (Fsp3) is 0.125. The van der Waals surface area contributed by atoms with Gasteiger partial charge in [0.1, 0.15) is 0 Å². The normalized spacial score (nSPS) is 11.2. The first-order valence-corrected chi connectivity index (χ1v) is 6.34. The van der Waals surface area contributed by atoms with Crippen LogP contribution in [0.4, 0.5) is 8.78 Å². The molecule has 0 fully saturated rings. The molecule has 0 aliphatic carbocycles. The summed E-state index contributed by atoms with van der Waals surface area (Å²) in [5, 5.41) is 8.24. The van der Waals surface area contributed by atoms with Crippen molar-refractivity contribution in [2.75, 3.05) is 0 Å². The third kappa shape index (κ3) is 3.73. The first-order valence-electron chi connectivity index (χ1n) is 6.34. The Morgan fingerprint density at radius 2 is 1.50 bits per heavy atom. The summed E-state index contributed by atoms with van der Waals surface area (Å²) in [4.78, 5) is 22.4. The Bertz CT molecular complexity index is 666. The largest absolute Gasteiger partial charge is 0.475 e. The summed E-state index contributed by atoms with van der Waals surface area (Å²) in [5.41, 5.74) is 1.26. The van der Waals surface area contributed by atoms with Crippen LogP contribution < -0.4 is 0 Å². The minimum atomic E-state index is -4.24. The summed E-state index contributed by atoms with van der Waals surface area (Å²) >= 11 is 0. The molecule has 22 heavy (non-hydrogen) atoms. The minimum absolute atomic E-state index is 0.191. The molecule has 4 nitrogen and oxygen atoms in total. The lowest BCUT2D eigenvalue weighted by Gasteiger charge is -2.12. The molecule has 114 valence electrons. The Kier molecular flexibility index (Phi) is 4.62. The van der Waals surface area contributed by atoms with Gasteiger partial charge in [-0.25, -0.2) is 4.79 Å². The number of ketones is 1. The molecule has 0 spiro atoms. The lowest BCUT2D eigenvalue weighted by atomic mass is 10.0. The van der Waals surface area contributed by atoms with E-state index in [0.717, 1.165) is 0 Å². The highest BCUT2D eigenvalue weighted by Crippen LogP contribution is 2.18. The van der Waals surface area contributed by atoms with Crippen molar-refractivity contribution >= 4 is 11.8 Å². The Labute approximate surface area is 125 Å². The molecule has 0 heterocycles. The maximum Gasteiger partial charge on any atom is 0.456 e. The van der Waals surface area contributed by atoms with E-state index >= 15 is 0 Å². The van der Waals surface area contributed by atoms with Crippen LogP contribution in [0.2, 0.25) is 0 Å². The van der Waals surface area contributed by atoms with Gasteiger partial charge in [-0.05, 0) is 5.56 Å². The molecular weight excluding hydrogens is 294 g/mol. The van der Waals surface area contributed by atoms with Gasteiger partial charge in [0.15, 0.2) is 5.78 Å². The van der Waals surface area contributed by atoms with Crippen molar-refractivity contribution in [3.05, 3.63) is 71.3 Å². The fourth-order valence-electron chi connectivity index (χ4n) is 1.74. The van der Waals surface area contributed by atoms with Crippen LogP contribution in [0.1, 0.15) is 21.5 Å². The quantitative estimate of drug-likeness (QED) is 0.833. The van der Waals surface area contributed by atoms with Gasteiger partial charge < -0.3 is 9.84 Å². The minimum Gasteiger partial charge on any atom is -0.475 e. The maximum atomic E-state index is 12.8. The standard InChI is InChI=1S/C16H12F2O4/c17-16(18,15(20)21)22-10-11-6-8-13(9-7-11)14(19)12-4-2-1-3-5-12/h1-9H,10H2,(H,20,21). The summed E-state index contributed by atoms with van der Waals surface area (Å²) in [6.45, 7) is -0.570. The lowest BCUT2D eigenvalue weighted by Crippen LogP contribution is -2.31. The molecule has 0 atom stereocenters. The average molecular weight is 306 g/mol. The van der Waals surface area contributed by atoms with Crippen molar-refractivity contribution in [1.29, 1.82) is 0 Å². The van der Waals surface area contributed by atoms with Gasteiger partial charge in [-0.15, -0.1) is 0 Å². The summed E-state index contributed by atoms with van der Waals surface area (Å²) in [6, 6.07) is 14.5. The number of carboxylic acids is 1. The van der Waals surface area contributed by atoms with Crippen molar-refractivity contribution in [3.63, 3.8) is 0 Å². The van der Waals surface area contributed by atoms with E-state index in [-0.39, 0.29) is 5.78 Å². The summed E-state index contributed by atoms with van der Waals surface area (Å²) < 4.78 is 29.6. The molecule has 2 aromatic rings. The van der Waals surface area contributed by atoms with Crippen LogP contribution in [-0.2, 0) is 16.1 Å². The number of hydrogen-bond donors (Lipinski definition) is 1. The molecule has 2 aromatic carbocycles. The number of ether oxygens (including phenoxy) is 1. The van der Waals surface area contributed by atoms with Crippen molar-refractivity contribution < 1.29 is 28.2 Å². The molecule has 0 aliphatic rings. The predicted octanol–water partition coefficient (Wildman–Crippen LogP) is 3.11. The summed E-state index contributed by atoms with van der Waals surface area (Å²) in [5.74, 6) is -2.53. The number of alkyl halides is 2. The first-order chi connectivity index (χ1) is 10.4. The van der Waals surface area contributed by atoms with E-state index in [1.165, 1.54) is 24.3 Å². The predicted molar refractivity (Wildman–Crippen MR) is 73.7 cm³/mol. The molecule has 0 aromatic heterocycles. The number of carboxylic acid groups (broad SMARTS) is 1. The van der Waals surface area contributed by atoms with E-state index in [0.29, 0.717) is 16.7 Å². The van der Waals surface area contributed by atoms with Crippen molar-refractivity contribution in [3.8, 4) is 0 Å². The zero-order valence-electron chi connectivity index (χ0n) is 11.3. The fourth-order valence-corrected chi connectivity index (χ4v) is 1.74. The third-order valence-electron chi connectivity index (χ3n) is 2.92. The van der Waals surface area contributed by atoms with E-state index < -0.39 is 18.7 Å². The van der Waals surface area contributed by atoms with Crippen LogP contribution >= 0.6 is 0 Å². The van der Waals surface area contributed by atoms with Crippen LogP contribution in [0, 0.1) is 0 Å². The molecule has 1 N–H and O–H groups in total. The molecule has 0 saturated heterocycles. The smallest absolute Gasteiger partial charge is 0.456 e. The molecule has 0 aliphatic heterocycles. The van der Waals surface area contributed by atoms with Crippen LogP contribution in [0.25, 0.3) is 0 Å². The number of aliphatic carboxylic acids is 1. The number of halogens is 2. The highest BCUT2D eigenvalue weighted by atomic mass is 19.3. The Hall–Kier alpha value is -2.60. The lowest BCUT2D eigenvalue weighted by molar-refractivity contribution is -0.250.